The smallest absolute Gasteiger partial charge is 0.126 e. The molecule has 0 aromatic rings. The molecule has 4 unspecified atom stereocenters. The third kappa shape index (κ3) is 1.40. The average molecular weight is 220 g/mol. The normalized spacial score (nSPS) is 44.6. The van der Waals surface area contributed by atoms with E-state index in [0.29, 0.717) is 11.3 Å². The van der Waals surface area contributed by atoms with Crippen molar-refractivity contribution in [3.05, 3.63) is 12.2 Å². The highest BCUT2D eigenvalue weighted by atomic mass is 16.1. The largest absolute Gasteiger partial charge is 0.303 e. The summed E-state index contributed by atoms with van der Waals surface area (Å²) >= 11 is 0. The third-order valence-electron chi connectivity index (χ3n) is 5.55. The summed E-state index contributed by atoms with van der Waals surface area (Å²) in [7, 11) is 0. The summed E-state index contributed by atoms with van der Waals surface area (Å²) in [6, 6.07) is 0. The maximum absolute atomic E-state index is 11.6. The van der Waals surface area contributed by atoms with Gasteiger partial charge in [-0.15, -0.1) is 6.58 Å². The Bertz CT molecular complexity index is 328. The molecular formula is C15H24O. The molecule has 0 saturated heterocycles. The van der Waals surface area contributed by atoms with Crippen molar-refractivity contribution in [3.63, 3.8) is 0 Å². The fraction of sp³-hybridized carbons (Fsp3) is 0.800. The van der Waals surface area contributed by atoms with E-state index < -0.39 is 0 Å². The topological polar surface area (TPSA) is 17.1 Å². The SMILES string of the molecule is C=C(C)CC1(C=O)CC2CC(C1C)C2(C)C. The zero-order valence-electron chi connectivity index (χ0n) is 11.0. The Morgan fingerprint density at radius 2 is 2.12 bits per heavy atom. The quantitative estimate of drug-likeness (QED) is 0.521. The number of carbonyl (C=O) groups excluding carboxylic acids is 1. The molecule has 2 bridgehead atoms. The van der Waals surface area contributed by atoms with Crippen LogP contribution in [0.15, 0.2) is 12.2 Å². The zero-order chi connectivity index (χ0) is 12.1. The van der Waals surface area contributed by atoms with Gasteiger partial charge in [0.05, 0.1) is 0 Å². The molecule has 0 radical (unpaired) electrons. The second kappa shape index (κ2) is 3.45. The summed E-state index contributed by atoms with van der Waals surface area (Å²) in [5, 5.41) is 0. The number of carbonyl (C=O) groups is 1. The van der Waals surface area contributed by atoms with Gasteiger partial charge in [-0.05, 0) is 49.4 Å². The molecular weight excluding hydrogens is 196 g/mol. The monoisotopic (exact) mass is 220 g/mol. The van der Waals surface area contributed by atoms with Crippen molar-refractivity contribution < 1.29 is 4.79 Å². The number of allylic oxidation sites excluding steroid dienone is 1. The lowest BCUT2D eigenvalue weighted by Gasteiger charge is -2.65. The van der Waals surface area contributed by atoms with Gasteiger partial charge in [0.25, 0.3) is 0 Å². The number of hydrogen-bond acceptors (Lipinski definition) is 1. The van der Waals surface area contributed by atoms with Crippen molar-refractivity contribution in [2.45, 2.75) is 47.0 Å². The minimum absolute atomic E-state index is 0.102. The molecule has 1 heteroatoms. The first-order chi connectivity index (χ1) is 7.33. The van der Waals surface area contributed by atoms with Crippen LogP contribution in [-0.4, -0.2) is 6.29 Å². The highest BCUT2D eigenvalue weighted by molar-refractivity contribution is 5.62. The molecule has 1 nitrogen and oxygen atoms in total. The second-order valence-corrected chi connectivity index (χ2v) is 6.84. The number of fused-ring (bicyclic) bond motifs is 2. The average Bonchev–Trinajstić information content (AvgIpc) is 2.19. The van der Waals surface area contributed by atoms with Gasteiger partial charge in [0, 0.05) is 5.41 Å². The van der Waals surface area contributed by atoms with E-state index in [0.717, 1.165) is 30.3 Å². The van der Waals surface area contributed by atoms with Crippen LogP contribution in [0, 0.1) is 28.6 Å². The van der Waals surface area contributed by atoms with Crippen molar-refractivity contribution in [3.8, 4) is 0 Å². The Morgan fingerprint density at radius 1 is 1.50 bits per heavy atom. The molecule has 0 aromatic heterocycles. The Labute approximate surface area is 99.3 Å². The molecule has 0 amide bonds. The highest BCUT2D eigenvalue weighted by Crippen LogP contribution is 2.67. The van der Waals surface area contributed by atoms with Crippen LogP contribution in [-0.2, 0) is 4.79 Å². The van der Waals surface area contributed by atoms with Crippen LogP contribution in [0.4, 0.5) is 0 Å². The zero-order valence-corrected chi connectivity index (χ0v) is 11.0. The summed E-state index contributed by atoms with van der Waals surface area (Å²) in [5.74, 6) is 2.00. The van der Waals surface area contributed by atoms with E-state index in [1.165, 1.54) is 12.7 Å². The predicted molar refractivity (Wildman–Crippen MR) is 67.1 cm³/mol. The second-order valence-electron chi connectivity index (χ2n) is 6.84. The van der Waals surface area contributed by atoms with Crippen LogP contribution >= 0.6 is 0 Å². The Morgan fingerprint density at radius 3 is 2.50 bits per heavy atom. The van der Waals surface area contributed by atoms with Gasteiger partial charge in [-0.2, -0.15) is 0 Å². The minimum atomic E-state index is -0.102. The number of rotatable bonds is 3. The van der Waals surface area contributed by atoms with Crippen molar-refractivity contribution in [1.29, 1.82) is 0 Å². The first-order valence-electron chi connectivity index (χ1n) is 6.44. The summed E-state index contributed by atoms with van der Waals surface area (Å²) in [6.07, 6.45) is 4.54. The first kappa shape index (κ1) is 11.9. The molecule has 0 aliphatic heterocycles. The molecule has 3 aliphatic rings. The maximum Gasteiger partial charge on any atom is 0.126 e. The van der Waals surface area contributed by atoms with Crippen molar-refractivity contribution in [1.82, 2.24) is 0 Å². The van der Waals surface area contributed by atoms with Crippen LogP contribution in [0.1, 0.15) is 47.0 Å². The minimum Gasteiger partial charge on any atom is -0.303 e. The first-order valence-corrected chi connectivity index (χ1v) is 6.44. The van der Waals surface area contributed by atoms with Crippen molar-refractivity contribution >= 4 is 6.29 Å². The van der Waals surface area contributed by atoms with Gasteiger partial charge < -0.3 is 4.79 Å². The van der Waals surface area contributed by atoms with E-state index in [1.807, 2.05) is 6.92 Å². The molecule has 3 fully saturated rings. The Balaban J connectivity index is 2.25. The lowest BCUT2D eigenvalue weighted by Crippen LogP contribution is -2.59. The van der Waals surface area contributed by atoms with Gasteiger partial charge in [-0.3, -0.25) is 0 Å². The highest BCUT2D eigenvalue weighted by Gasteiger charge is 2.61. The Hall–Kier alpha value is -0.590. The van der Waals surface area contributed by atoms with Crippen LogP contribution in [0.25, 0.3) is 0 Å². The molecule has 16 heavy (non-hydrogen) atoms. The molecule has 3 saturated carbocycles. The van der Waals surface area contributed by atoms with Crippen LogP contribution in [0.5, 0.6) is 0 Å². The van der Waals surface area contributed by atoms with Crippen LogP contribution in [0.3, 0.4) is 0 Å². The van der Waals surface area contributed by atoms with Crippen LogP contribution < -0.4 is 0 Å². The summed E-state index contributed by atoms with van der Waals surface area (Å²) in [6.45, 7) is 13.1. The van der Waals surface area contributed by atoms with Gasteiger partial charge in [0.15, 0.2) is 0 Å². The fourth-order valence-corrected chi connectivity index (χ4v) is 4.29. The number of hydrogen-bond donors (Lipinski definition) is 0. The molecule has 3 rings (SSSR count). The summed E-state index contributed by atoms with van der Waals surface area (Å²) in [4.78, 5) is 11.6. The predicted octanol–water partition coefficient (Wildman–Crippen LogP) is 3.84. The third-order valence-corrected chi connectivity index (χ3v) is 5.55. The standard InChI is InChI=1S/C15H24O/c1-10(2)7-15(9-16)8-12-6-13(11(15)3)14(12,4)5/h9,11-13H,1,6-8H2,2-5H3. The maximum atomic E-state index is 11.6. The Kier molecular flexibility index (Phi) is 2.56. The molecule has 90 valence electrons. The number of aldehydes is 1. The van der Waals surface area contributed by atoms with E-state index in [1.54, 1.807) is 0 Å². The van der Waals surface area contributed by atoms with Gasteiger partial charge in [0.1, 0.15) is 6.29 Å². The van der Waals surface area contributed by atoms with E-state index in [2.05, 4.69) is 27.4 Å². The van der Waals surface area contributed by atoms with E-state index in [-0.39, 0.29) is 5.41 Å². The van der Waals surface area contributed by atoms with Crippen LogP contribution in [0.2, 0.25) is 0 Å². The molecule has 0 aromatic carbocycles. The van der Waals surface area contributed by atoms with Gasteiger partial charge in [-0.1, -0.05) is 26.3 Å². The molecule has 0 heterocycles. The lowest BCUT2D eigenvalue weighted by atomic mass is 9.39. The molecule has 3 aliphatic carbocycles. The summed E-state index contributed by atoms with van der Waals surface area (Å²) in [5.41, 5.74) is 1.51. The lowest BCUT2D eigenvalue weighted by molar-refractivity contribution is -0.171. The molecule has 0 N–H and O–H groups in total. The van der Waals surface area contributed by atoms with E-state index >= 15 is 0 Å². The van der Waals surface area contributed by atoms with Crippen molar-refractivity contribution in [2.24, 2.45) is 28.6 Å². The van der Waals surface area contributed by atoms with Gasteiger partial charge >= 0.3 is 0 Å². The summed E-state index contributed by atoms with van der Waals surface area (Å²) < 4.78 is 0. The fourth-order valence-electron chi connectivity index (χ4n) is 4.29. The van der Waals surface area contributed by atoms with E-state index in [4.69, 9.17) is 0 Å². The van der Waals surface area contributed by atoms with Gasteiger partial charge in [0.2, 0.25) is 0 Å². The van der Waals surface area contributed by atoms with Crippen molar-refractivity contribution in [2.75, 3.05) is 0 Å². The van der Waals surface area contributed by atoms with E-state index in [9.17, 15) is 4.79 Å². The molecule has 0 spiro atoms. The van der Waals surface area contributed by atoms with Gasteiger partial charge in [-0.25, -0.2) is 0 Å². The molecule has 4 atom stereocenters.